The number of aromatic amines is 1. The number of carbonyl (C=O) groups is 1. The lowest BCUT2D eigenvalue weighted by atomic mass is 10.1. The van der Waals surface area contributed by atoms with E-state index in [2.05, 4.69) is 10.2 Å². The van der Waals surface area contributed by atoms with Gasteiger partial charge in [0.2, 0.25) is 0 Å². The molecule has 1 saturated heterocycles. The largest absolute Gasteiger partial charge is 0.396 e. The molecule has 1 aliphatic heterocycles. The zero-order valence-corrected chi connectivity index (χ0v) is 9.72. The van der Waals surface area contributed by atoms with Crippen molar-refractivity contribution in [3.8, 4) is 0 Å². The van der Waals surface area contributed by atoms with Gasteiger partial charge in [0.25, 0.3) is 5.91 Å². The summed E-state index contributed by atoms with van der Waals surface area (Å²) in [5, 5.41) is 15.2. The second kappa shape index (κ2) is 5.18. The van der Waals surface area contributed by atoms with Crippen molar-refractivity contribution in [2.75, 3.05) is 18.9 Å². The first-order valence-corrected chi connectivity index (χ1v) is 5.95. The Morgan fingerprint density at radius 1 is 1.71 bits per heavy atom. The summed E-state index contributed by atoms with van der Waals surface area (Å²) in [6.45, 7) is 0.948. The predicted octanol–water partition coefficient (Wildman–Crippen LogP) is 0.369. The highest BCUT2D eigenvalue weighted by Crippen LogP contribution is 2.23. The summed E-state index contributed by atoms with van der Waals surface area (Å²) in [5.41, 5.74) is 5.93. The monoisotopic (exact) mass is 238 g/mol. The number of nitrogens with one attached hydrogen (secondary N) is 1. The molecule has 2 heterocycles. The molecule has 1 fully saturated rings. The molecule has 6 nitrogen and oxygen atoms in total. The number of aromatic nitrogens is 2. The third-order valence-electron chi connectivity index (χ3n) is 3.16. The number of nitrogen functional groups attached to an aromatic ring is 1. The third kappa shape index (κ3) is 2.58. The molecule has 6 heteroatoms. The van der Waals surface area contributed by atoms with Crippen molar-refractivity contribution in [2.45, 2.75) is 31.7 Å². The van der Waals surface area contributed by atoms with Gasteiger partial charge in [-0.1, -0.05) is 0 Å². The normalized spacial score (nSPS) is 19.8. The summed E-state index contributed by atoms with van der Waals surface area (Å²) in [6.07, 6.45) is 3.62. The topological polar surface area (TPSA) is 95.2 Å². The van der Waals surface area contributed by atoms with Gasteiger partial charge in [-0.25, -0.2) is 0 Å². The Morgan fingerprint density at radius 2 is 2.53 bits per heavy atom. The second-order valence-corrected chi connectivity index (χ2v) is 4.37. The molecule has 94 valence electrons. The maximum Gasteiger partial charge on any atom is 0.272 e. The van der Waals surface area contributed by atoms with Gasteiger partial charge in [-0.2, -0.15) is 5.10 Å². The second-order valence-electron chi connectivity index (χ2n) is 4.37. The van der Waals surface area contributed by atoms with Gasteiger partial charge in [0, 0.05) is 25.3 Å². The van der Waals surface area contributed by atoms with Gasteiger partial charge in [0.1, 0.15) is 11.5 Å². The maximum absolute atomic E-state index is 12.2. The zero-order chi connectivity index (χ0) is 12.3. The number of likely N-dealkylation sites (tertiary alicyclic amines) is 1. The number of aliphatic hydroxyl groups excluding tert-OH is 1. The molecule has 1 amide bonds. The van der Waals surface area contributed by atoms with Gasteiger partial charge in [-0.3, -0.25) is 9.89 Å². The number of amides is 1. The number of hydrogen-bond donors (Lipinski definition) is 3. The van der Waals surface area contributed by atoms with Crippen LogP contribution in [-0.4, -0.2) is 45.3 Å². The van der Waals surface area contributed by atoms with Crippen molar-refractivity contribution < 1.29 is 9.90 Å². The van der Waals surface area contributed by atoms with Crippen LogP contribution in [0.3, 0.4) is 0 Å². The minimum atomic E-state index is -0.0466. The highest BCUT2D eigenvalue weighted by Gasteiger charge is 2.29. The van der Waals surface area contributed by atoms with E-state index in [9.17, 15) is 4.79 Å². The average molecular weight is 238 g/mol. The van der Waals surface area contributed by atoms with Gasteiger partial charge in [-0.15, -0.1) is 0 Å². The number of H-pyrrole nitrogens is 1. The Morgan fingerprint density at radius 3 is 3.18 bits per heavy atom. The number of anilines is 1. The van der Waals surface area contributed by atoms with E-state index < -0.39 is 0 Å². The smallest absolute Gasteiger partial charge is 0.272 e. The molecular weight excluding hydrogens is 220 g/mol. The first-order chi connectivity index (χ1) is 8.22. The number of nitrogens with two attached hydrogens (primary N) is 1. The number of hydrogen-bond acceptors (Lipinski definition) is 4. The third-order valence-corrected chi connectivity index (χ3v) is 3.16. The van der Waals surface area contributed by atoms with Crippen LogP contribution in [0.1, 0.15) is 36.2 Å². The van der Waals surface area contributed by atoms with E-state index in [0.29, 0.717) is 11.5 Å². The molecule has 0 aliphatic carbocycles. The van der Waals surface area contributed by atoms with Crippen molar-refractivity contribution in [3.63, 3.8) is 0 Å². The Labute approximate surface area is 99.8 Å². The molecule has 0 spiro atoms. The van der Waals surface area contributed by atoms with Crippen molar-refractivity contribution in [3.05, 3.63) is 11.8 Å². The van der Waals surface area contributed by atoms with Crippen LogP contribution < -0.4 is 5.73 Å². The van der Waals surface area contributed by atoms with Crippen LogP contribution in [0.2, 0.25) is 0 Å². The van der Waals surface area contributed by atoms with E-state index in [1.807, 2.05) is 4.90 Å². The highest BCUT2D eigenvalue weighted by atomic mass is 16.3. The summed E-state index contributed by atoms with van der Waals surface area (Å²) < 4.78 is 0. The lowest BCUT2D eigenvalue weighted by Gasteiger charge is -2.23. The minimum absolute atomic E-state index is 0.0466. The van der Waals surface area contributed by atoms with E-state index >= 15 is 0 Å². The zero-order valence-electron chi connectivity index (χ0n) is 9.72. The van der Waals surface area contributed by atoms with Crippen molar-refractivity contribution in [1.29, 1.82) is 0 Å². The first kappa shape index (κ1) is 11.9. The molecule has 17 heavy (non-hydrogen) atoms. The summed E-state index contributed by atoms with van der Waals surface area (Å²) in [4.78, 5) is 14.0. The fourth-order valence-electron chi connectivity index (χ4n) is 2.33. The quantitative estimate of drug-likeness (QED) is 0.706. The van der Waals surface area contributed by atoms with Gasteiger partial charge < -0.3 is 15.7 Å². The first-order valence-electron chi connectivity index (χ1n) is 5.95. The molecule has 0 radical (unpaired) electrons. The van der Waals surface area contributed by atoms with Crippen LogP contribution in [0, 0.1) is 0 Å². The van der Waals surface area contributed by atoms with Crippen LogP contribution in [0.25, 0.3) is 0 Å². The van der Waals surface area contributed by atoms with Gasteiger partial charge in [-0.05, 0) is 25.7 Å². The molecule has 1 atom stereocenters. The Bertz CT molecular complexity index is 391. The standard InChI is InChI=1S/C11H18N4O2/c12-10-7-9(13-14-10)11(17)15-5-1-3-8(15)4-2-6-16/h7-8,16H,1-6H2,(H3,12,13,14). The number of rotatable bonds is 4. The lowest BCUT2D eigenvalue weighted by Crippen LogP contribution is -2.35. The van der Waals surface area contributed by atoms with Crippen LogP contribution >= 0.6 is 0 Å². The molecule has 0 aromatic carbocycles. The van der Waals surface area contributed by atoms with Crippen LogP contribution in [-0.2, 0) is 0 Å². The number of carbonyl (C=O) groups excluding carboxylic acids is 1. The van der Waals surface area contributed by atoms with E-state index in [0.717, 1.165) is 32.2 Å². The molecule has 0 saturated carbocycles. The summed E-state index contributed by atoms with van der Waals surface area (Å²) >= 11 is 0. The molecule has 4 N–H and O–H groups in total. The van der Waals surface area contributed by atoms with Crippen molar-refractivity contribution >= 4 is 11.7 Å². The summed E-state index contributed by atoms with van der Waals surface area (Å²) in [7, 11) is 0. The maximum atomic E-state index is 12.2. The van der Waals surface area contributed by atoms with Crippen molar-refractivity contribution in [1.82, 2.24) is 15.1 Å². The molecule has 0 bridgehead atoms. The summed E-state index contributed by atoms with van der Waals surface area (Å²) in [5.74, 6) is 0.286. The Kier molecular flexibility index (Phi) is 3.63. The van der Waals surface area contributed by atoms with Gasteiger partial charge in [0.15, 0.2) is 0 Å². The van der Waals surface area contributed by atoms with E-state index in [-0.39, 0.29) is 18.6 Å². The Hall–Kier alpha value is -1.56. The SMILES string of the molecule is Nc1cc(C(=O)N2CCCC2CCCO)[nH]n1. The fraction of sp³-hybridized carbons (Fsp3) is 0.636. The molecule has 2 rings (SSSR count). The molecule has 1 aromatic rings. The molecule has 1 aromatic heterocycles. The van der Waals surface area contributed by atoms with Crippen LogP contribution in [0.15, 0.2) is 6.07 Å². The number of nitrogens with zero attached hydrogens (tertiary/aromatic N) is 2. The average Bonchev–Trinajstić information content (AvgIpc) is 2.94. The van der Waals surface area contributed by atoms with Crippen molar-refractivity contribution in [2.24, 2.45) is 0 Å². The number of aliphatic hydroxyl groups is 1. The van der Waals surface area contributed by atoms with Gasteiger partial charge in [0.05, 0.1) is 0 Å². The fourth-order valence-corrected chi connectivity index (χ4v) is 2.33. The van der Waals surface area contributed by atoms with Gasteiger partial charge >= 0.3 is 0 Å². The Balaban J connectivity index is 2.03. The van der Waals surface area contributed by atoms with E-state index in [1.54, 1.807) is 6.07 Å². The molecule has 1 unspecified atom stereocenters. The van der Waals surface area contributed by atoms with E-state index in [4.69, 9.17) is 10.8 Å². The van der Waals surface area contributed by atoms with Crippen LogP contribution in [0.5, 0.6) is 0 Å². The predicted molar refractivity (Wildman–Crippen MR) is 63.4 cm³/mol. The summed E-state index contributed by atoms with van der Waals surface area (Å²) in [6, 6.07) is 1.79. The van der Waals surface area contributed by atoms with Crippen LogP contribution in [0.4, 0.5) is 5.82 Å². The molecule has 1 aliphatic rings. The molecular formula is C11H18N4O2. The highest BCUT2D eigenvalue weighted by molar-refractivity contribution is 5.93. The lowest BCUT2D eigenvalue weighted by molar-refractivity contribution is 0.0718. The minimum Gasteiger partial charge on any atom is -0.396 e. The van der Waals surface area contributed by atoms with E-state index in [1.165, 1.54) is 0 Å².